The van der Waals surface area contributed by atoms with E-state index in [1.54, 1.807) is 50.2 Å². The van der Waals surface area contributed by atoms with Crippen LogP contribution in [0.25, 0.3) is 11.3 Å². The molecule has 8 heteroatoms. The molecule has 0 unspecified atom stereocenters. The van der Waals surface area contributed by atoms with Crippen LogP contribution in [-0.4, -0.2) is 22.4 Å². The van der Waals surface area contributed by atoms with E-state index in [1.807, 2.05) is 17.5 Å². The molecule has 3 rings (SSSR count). The Kier molecular flexibility index (Phi) is 6.20. The summed E-state index contributed by atoms with van der Waals surface area (Å²) in [5, 5.41) is 8.45. The first-order valence-electron chi connectivity index (χ1n) is 8.82. The smallest absolute Gasteiger partial charge is 0.269 e. The highest BCUT2D eigenvalue weighted by molar-refractivity contribution is 7.14. The van der Waals surface area contributed by atoms with E-state index < -0.39 is 5.60 Å². The third kappa shape index (κ3) is 5.56. The molecule has 29 heavy (non-hydrogen) atoms. The number of carbonyl (C=O) groups is 2. The molecule has 2 amide bonds. The van der Waals surface area contributed by atoms with E-state index in [0.717, 1.165) is 11.3 Å². The number of rotatable bonds is 6. The van der Waals surface area contributed by atoms with Crippen molar-refractivity contribution in [3.05, 3.63) is 58.9 Å². The zero-order valence-corrected chi connectivity index (χ0v) is 17.7. The third-order valence-electron chi connectivity index (χ3n) is 3.96. The summed E-state index contributed by atoms with van der Waals surface area (Å²) in [5.74, 6) is 0.114. The van der Waals surface area contributed by atoms with Gasteiger partial charge in [-0.05, 0) is 50.2 Å². The average Bonchev–Trinajstić information content (AvgIpc) is 3.12. The van der Waals surface area contributed by atoms with Crippen molar-refractivity contribution in [1.29, 1.82) is 0 Å². The Balaban J connectivity index is 1.66. The first-order valence-corrected chi connectivity index (χ1v) is 10.1. The molecule has 0 radical (unpaired) electrons. The fraction of sp³-hybridized carbons (Fsp3) is 0.190. The predicted octanol–water partition coefficient (Wildman–Crippen LogP) is 5.22. The van der Waals surface area contributed by atoms with Gasteiger partial charge in [-0.25, -0.2) is 4.98 Å². The number of amides is 2. The van der Waals surface area contributed by atoms with Crippen molar-refractivity contribution in [3.63, 3.8) is 0 Å². The highest BCUT2D eigenvalue weighted by atomic mass is 35.5. The quantitative estimate of drug-likeness (QED) is 0.563. The SMILES string of the molecule is CC(=O)Nc1ccc(-c2csc(NC(=O)C(C)(C)Oc3ccc(Cl)cc3)n2)cc1. The second kappa shape index (κ2) is 8.63. The maximum absolute atomic E-state index is 12.7. The standard InChI is InChI=1S/C21H20ClN3O3S/c1-13(26)23-16-8-4-14(5-9-16)18-12-29-20(24-18)25-19(27)21(2,3)28-17-10-6-15(22)7-11-17/h4-12H,1-3H3,(H,23,26)(H,24,25,27). The molecule has 1 aromatic heterocycles. The number of nitrogens with one attached hydrogen (secondary N) is 2. The Morgan fingerprint density at radius 3 is 2.31 bits per heavy atom. The van der Waals surface area contributed by atoms with Crippen LogP contribution in [0.3, 0.4) is 0 Å². The van der Waals surface area contributed by atoms with Gasteiger partial charge in [0.25, 0.3) is 5.91 Å². The van der Waals surface area contributed by atoms with Crippen molar-refractivity contribution in [2.45, 2.75) is 26.4 Å². The number of hydrogen-bond donors (Lipinski definition) is 2. The van der Waals surface area contributed by atoms with Crippen molar-refractivity contribution < 1.29 is 14.3 Å². The maximum atomic E-state index is 12.7. The van der Waals surface area contributed by atoms with E-state index in [0.29, 0.717) is 21.6 Å². The van der Waals surface area contributed by atoms with Crippen molar-refractivity contribution in [2.24, 2.45) is 0 Å². The van der Waals surface area contributed by atoms with Crippen LogP contribution in [0.5, 0.6) is 5.75 Å². The zero-order valence-electron chi connectivity index (χ0n) is 16.2. The van der Waals surface area contributed by atoms with E-state index >= 15 is 0 Å². The molecule has 2 N–H and O–H groups in total. The molecule has 1 heterocycles. The van der Waals surface area contributed by atoms with Gasteiger partial charge >= 0.3 is 0 Å². The van der Waals surface area contributed by atoms with Gasteiger partial charge in [-0.1, -0.05) is 23.7 Å². The van der Waals surface area contributed by atoms with E-state index in [-0.39, 0.29) is 11.8 Å². The molecular weight excluding hydrogens is 410 g/mol. The number of nitrogens with zero attached hydrogens (tertiary/aromatic N) is 1. The largest absolute Gasteiger partial charge is 0.478 e. The van der Waals surface area contributed by atoms with Gasteiger partial charge in [-0.15, -0.1) is 11.3 Å². The van der Waals surface area contributed by atoms with Gasteiger partial charge in [0.15, 0.2) is 10.7 Å². The lowest BCUT2D eigenvalue weighted by Gasteiger charge is -2.24. The summed E-state index contributed by atoms with van der Waals surface area (Å²) in [6.07, 6.45) is 0. The Bertz CT molecular complexity index is 1010. The number of aromatic nitrogens is 1. The van der Waals surface area contributed by atoms with Crippen LogP contribution < -0.4 is 15.4 Å². The Labute approximate surface area is 177 Å². The zero-order chi connectivity index (χ0) is 21.0. The van der Waals surface area contributed by atoms with Crippen LogP contribution >= 0.6 is 22.9 Å². The fourth-order valence-corrected chi connectivity index (χ4v) is 3.32. The van der Waals surface area contributed by atoms with Crippen molar-refractivity contribution in [2.75, 3.05) is 10.6 Å². The maximum Gasteiger partial charge on any atom is 0.269 e. The minimum absolute atomic E-state index is 0.125. The lowest BCUT2D eigenvalue weighted by atomic mass is 10.1. The van der Waals surface area contributed by atoms with Crippen LogP contribution in [0.1, 0.15) is 20.8 Å². The van der Waals surface area contributed by atoms with E-state index in [2.05, 4.69) is 15.6 Å². The number of benzene rings is 2. The van der Waals surface area contributed by atoms with Crippen LogP contribution in [-0.2, 0) is 9.59 Å². The highest BCUT2D eigenvalue weighted by Gasteiger charge is 2.30. The Morgan fingerprint density at radius 2 is 1.69 bits per heavy atom. The van der Waals surface area contributed by atoms with Gasteiger partial charge in [-0.3, -0.25) is 14.9 Å². The molecule has 0 bridgehead atoms. The summed E-state index contributed by atoms with van der Waals surface area (Å²) in [5.41, 5.74) is 1.23. The van der Waals surface area contributed by atoms with Gasteiger partial charge in [0.1, 0.15) is 5.75 Å². The summed E-state index contributed by atoms with van der Waals surface area (Å²) in [4.78, 5) is 28.2. The molecule has 2 aromatic carbocycles. The molecule has 0 saturated heterocycles. The normalized spacial score (nSPS) is 11.0. The van der Waals surface area contributed by atoms with Gasteiger partial charge < -0.3 is 10.1 Å². The summed E-state index contributed by atoms with van der Waals surface area (Å²) < 4.78 is 5.80. The topological polar surface area (TPSA) is 80.3 Å². The molecule has 150 valence electrons. The number of carbonyl (C=O) groups excluding carboxylic acids is 2. The second-order valence-electron chi connectivity index (χ2n) is 6.82. The number of ether oxygens (including phenoxy) is 1. The van der Waals surface area contributed by atoms with Crippen LogP contribution in [0.15, 0.2) is 53.9 Å². The van der Waals surface area contributed by atoms with E-state index in [1.165, 1.54) is 18.3 Å². The summed E-state index contributed by atoms with van der Waals surface area (Å²) in [7, 11) is 0. The first-order chi connectivity index (χ1) is 13.7. The monoisotopic (exact) mass is 429 g/mol. The average molecular weight is 430 g/mol. The highest BCUT2D eigenvalue weighted by Crippen LogP contribution is 2.27. The summed E-state index contributed by atoms with van der Waals surface area (Å²) in [6, 6.07) is 14.2. The van der Waals surface area contributed by atoms with E-state index in [4.69, 9.17) is 16.3 Å². The summed E-state index contributed by atoms with van der Waals surface area (Å²) >= 11 is 7.20. The molecular formula is C21H20ClN3O3S. The number of anilines is 2. The number of hydrogen-bond acceptors (Lipinski definition) is 5. The van der Waals surface area contributed by atoms with Gasteiger partial charge in [0.2, 0.25) is 5.91 Å². The van der Waals surface area contributed by atoms with Crippen molar-refractivity contribution in [1.82, 2.24) is 4.98 Å². The van der Waals surface area contributed by atoms with Gasteiger partial charge in [0.05, 0.1) is 5.69 Å². The van der Waals surface area contributed by atoms with Crippen LogP contribution in [0, 0.1) is 0 Å². The number of halogens is 1. The first kappa shape index (κ1) is 20.8. The molecule has 3 aromatic rings. The van der Waals surface area contributed by atoms with Crippen molar-refractivity contribution in [3.8, 4) is 17.0 Å². The Morgan fingerprint density at radius 1 is 1.03 bits per heavy atom. The second-order valence-corrected chi connectivity index (χ2v) is 8.11. The minimum Gasteiger partial charge on any atom is -0.478 e. The van der Waals surface area contributed by atoms with Gasteiger partial charge in [-0.2, -0.15) is 0 Å². The van der Waals surface area contributed by atoms with E-state index in [9.17, 15) is 9.59 Å². The van der Waals surface area contributed by atoms with Crippen LogP contribution in [0.2, 0.25) is 5.02 Å². The Hall–Kier alpha value is -2.90. The van der Waals surface area contributed by atoms with Gasteiger partial charge in [0, 0.05) is 28.6 Å². The molecule has 6 nitrogen and oxygen atoms in total. The molecule has 0 fully saturated rings. The predicted molar refractivity (Wildman–Crippen MR) is 117 cm³/mol. The minimum atomic E-state index is -1.10. The molecule has 0 aliphatic heterocycles. The fourth-order valence-electron chi connectivity index (χ4n) is 2.48. The molecule has 0 saturated carbocycles. The lowest BCUT2D eigenvalue weighted by molar-refractivity contribution is -0.128. The molecule has 0 spiro atoms. The molecule has 0 aliphatic carbocycles. The third-order valence-corrected chi connectivity index (χ3v) is 4.97. The number of thiazole rings is 1. The molecule has 0 aliphatic rings. The van der Waals surface area contributed by atoms with Crippen LogP contribution in [0.4, 0.5) is 10.8 Å². The lowest BCUT2D eigenvalue weighted by Crippen LogP contribution is -2.42. The summed E-state index contributed by atoms with van der Waals surface area (Å²) in [6.45, 7) is 4.83. The molecule has 0 atom stereocenters. The van der Waals surface area contributed by atoms with Crippen molar-refractivity contribution >= 4 is 45.6 Å².